The molecule has 3 atom stereocenters. The van der Waals surface area contributed by atoms with Gasteiger partial charge >= 0.3 is 12.1 Å². The van der Waals surface area contributed by atoms with Crippen molar-refractivity contribution in [1.29, 1.82) is 5.26 Å². The topological polar surface area (TPSA) is 141 Å². The van der Waals surface area contributed by atoms with Crippen LogP contribution in [0.3, 0.4) is 0 Å². The summed E-state index contributed by atoms with van der Waals surface area (Å²) in [6, 6.07) is 3.71. The van der Waals surface area contributed by atoms with Crippen LogP contribution in [-0.4, -0.2) is 117 Å². The van der Waals surface area contributed by atoms with Crippen molar-refractivity contribution in [3.05, 3.63) is 28.8 Å². The minimum Gasteiger partial charge on any atom is -0.468 e. The van der Waals surface area contributed by atoms with Crippen molar-refractivity contribution < 1.29 is 55.9 Å². The number of thiocarbonyl (C=S) groups is 1. The highest BCUT2D eigenvalue weighted by Gasteiger charge is 2.54. The van der Waals surface area contributed by atoms with E-state index in [2.05, 4.69) is 5.32 Å². The van der Waals surface area contributed by atoms with E-state index >= 15 is 13.2 Å². The quantitative estimate of drug-likeness (QED) is 0.0819. The molecule has 3 saturated heterocycles. The van der Waals surface area contributed by atoms with E-state index in [1.54, 1.807) is 19.9 Å². The normalized spacial score (nSPS) is 27.8. The fourth-order valence-electron chi connectivity index (χ4n) is 9.87. The summed E-state index contributed by atoms with van der Waals surface area (Å²) in [5.74, 6) is -1.27. The second-order valence-electron chi connectivity index (χ2n) is 18.3. The average molecular weight is 909 g/mol. The van der Waals surface area contributed by atoms with Crippen molar-refractivity contribution in [3.63, 3.8) is 0 Å². The van der Waals surface area contributed by atoms with Gasteiger partial charge in [0.1, 0.15) is 11.1 Å². The molecule has 5 fully saturated rings. The van der Waals surface area contributed by atoms with Crippen LogP contribution in [0.15, 0.2) is 12.1 Å². The number of nitrogens with zero attached hydrogens (tertiary/aromatic N) is 3. The van der Waals surface area contributed by atoms with Crippen LogP contribution in [0, 0.1) is 11.3 Å². The number of carbonyl (C=O) groups excluding carboxylic acids is 2. The fourth-order valence-corrected chi connectivity index (χ4v) is 10.4. The Hall–Kier alpha value is -2.95. The number of benzene rings is 1. The molecule has 1 aromatic carbocycles. The first-order valence-electron chi connectivity index (χ1n) is 23.0. The second-order valence-corrected chi connectivity index (χ2v) is 18.6. The van der Waals surface area contributed by atoms with Crippen LogP contribution in [0.4, 0.5) is 18.9 Å². The predicted molar refractivity (Wildman–Crippen MR) is 232 cm³/mol. The second kappa shape index (κ2) is 22.5. The maximum Gasteiger partial charge on any atom is 0.418 e. The molecule has 0 radical (unpaired) electrons. The van der Waals surface area contributed by atoms with Gasteiger partial charge in [0.25, 0.3) is 5.91 Å². The molecule has 0 aromatic heterocycles. The zero-order valence-corrected chi connectivity index (χ0v) is 38.3. The summed E-state index contributed by atoms with van der Waals surface area (Å²) in [7, 11) is 1.19. The number of rotatable bonds is 19. The molecule has 5 aliphatic rings. The first-order chi connectivity index (χ1) is 30.2. The van der Waals surface area contributed by atoms with Gasteiger partial charge in [-0.2, -0.15) is 18.4 Å². The van der Waals surface area contributed by atoms with Crippen LogP contribution in [0.25, 0.3) is 0 Å². The fraction of sp³-hybridized carbons (Fsp3) is 0.783. The van der Waals surface area contributed by atoms with Crippen LogP contribution in [0.5, 0.6) is 0 Å². The van der Waals surface area contributed by atoms with Crippen molar-refractivity contribution in [2.75, 3.05) is 51.7 Å². The number of methoxy groups -OCH3 is 1. The molecule has 17 heteroatoms. The van der Waals surface area contributed by atoms with E-state index in [0.717, 1.165) is 83.5 Å². The van der Waals surface area contributed by atoms with E-state index in [9.17, 15) is 14.9 Å². The molecule has 63 heavy (non-hydrogen) atoms. The van der Waals surface area contributed by atoms with Gasteiger partial charge in [-0.25, -0.2) is 0 Å². The number of carbonyl (C=O) groups is 2. The number of hydrogen-bond donors (Lipinski definition) is 1. The van der Waals surface area contributed by atoms with Crippen molar-refractivity contribution in [1.82, 2.24) is 10.2 Å². The number of alkyl halides is 3. The summed E-state index contributed by atoms with van der Waals surface area (Å²) in [5, 5.41) is 13.4. The number of nitriles is 1. The van der Waals surface area contributed by atoms with E-state index < -0.39 is 46.7 Å². The SMILES string of the molecule is COC(=O)C(C)(Cc1c(N2C(=O)C(C)(C)N(C3CCC(OCCCOC4CCCCO4)CC3)C2=S)ccc(C#N)c1C(F)(F)F)NC1CCC(OCCCOC2CCCCO2)CC1. The molecule has 1 amide bonds. The van der Waals surface area contributed by atoms with Crippen molar-refractivity contribution in [2.45, 2.75) is 184 Å². The first-order valence-corrected chi connectivity index (χ1v) is 23.4. The Bertz CT molecular complexity index is 1740. The lowest BCUT2D eigenvalue weighted by atomic mass is 9.84. The first kappa shape index (κ1) is 49.5. The number of esters is 1. The smallest absolute Gasteiger partial charge is 0.418 e. The Morgan fingerprint density at radius 2 is 1.40 bits per heavy atom. The van der Waals surface area contributed by atoms with E-state index in [1.807, 2.05) is 4.90 Å². The lowest BCUT2D eigenvalue weighted by Gasteiger charge is -2.41. The van der Waals surface area contributed by atoms with Gasteiger partial charge in [0.2, 0.25) is 0 Å². The summed E-state index contributed by atoms with van der Waals surface area (Å²) >= 11 is 6.02. The highest BCUT2D eigenvalue weighted by atomic mass is 32.1. The predicted octanol–water partition coefficient (Wildman–Crippen LogP) is 7.88. The van der Waals surface area contributed by atoms with E-state index in [0.29, 0.717) is 65.0 Å². The van der Waals surface area contributed by atoms with E-state index in [1.165, 1.54) is 25.0 Å². The van der Waals surface area contributed by atoms with E-state index in [4.69, 9.17) is 45.4 Å². The lowest BCUT2D eigenvalue weighted by Crippen LogP contribution is -2.57. The Kier molecular flexibility index (Phi) is 17.7. The molecule has 1 N–H and O–H groups in total. The van der Waals surface area contributed by atoms with Gasteiger partial charge in [0.05, 0.1) is 55.4 Å². The summed E-state index contributed by atoms with van der Waals surface area (Å²) < 4.78 is 86.2. The third-order valence-electron chi connectivity index (χ3n) is 13.2. The average Bonchev–Trinajstić information content (AvgIpc) is 3.45. The highest BCUT2D eigenvalue weighted by Crippen LogP contribution is 2.45. The zero-order chi connectivity index (χ0) is 45.2. The molecule has 6 rings (SSSR count). The van der Waals surface area contributed by atoms with Gasteiger partial charge in [0, 0.05) is 44.9 Å². The van der Waals surface area contributed by atoms with Gasteiger partial charge in [-0.05, 0) is 153 Å². The van der Waals surface area contributed by atoms with Crippen LogP contribution in [-0.2, 0) is 55.3 Å². The van der Waals surface area contributed by atoms with Gasteiger partial charge in [-0.1, -0.05) is 0 Å². The largest absolute Gasteiger partial charge is 0.468 e. The van der Waals surface area contributed by atoms with Crippen LogP contribution in [0.1, 0.15) is 140 Å². The van der Waals surface area contributed by atoms with Crippen molar-refractivity contribution in [3.8, 4) is 6.07 Å². The zero-order valence-electron chi connectivity index (χ0n) is 37.4. The molecule has 2 aliphatic carbocycles. The number of nitrogens with one attached hydrogen (secondary N) is 1. The molecule has 3 heterocycles. The number of amides is 1. The third kappa shape index (κ3) is 12.5. The Balaban J connectivity index is 1.12. The minimum absolute atomic E-state index is 0.00289. The van der Waals surface area contributed by atoms with Gasteiger partial charge in [-0.3, -0.25) is 19.8 Å². The van der Waals surface area contributed by atoms with Gasteiger partial charge in [0.15, 0.2) is 17.7 Å². The molecule has 0 spiro atoms. The van der Waals surface area contributed by atoms with Crippen LogP contribution in [0.2, 0.25) is 0 Å². The molecule has 1 aromatic rings. The molecule has 3 unspecified atom stereocenters. The van der Waals surface area contributed by atoms with Gasteiger partial charge in [-0.15, -0.1) is 0 Å². The molecule has 3 aliphatic heterocycles. The molecule has 0 bridgehead atoms. The third-order valence-corrected chi connectivity index (χ3v) is 13.6. The maximum absolute atomic E-state index is 15.2. The number of hydrogen-bond acceptors (Lipinski definition) is 12. The van der Waals surface area contributed by atoms with Crippen molar-refractivity contribution >= 4 is 34.9 Å². The van der Waals surface area contributed by atoms with Crippen molar-refractivity contribution in [2.24, 2.45) is 0 Å². The standard InChI is InChI=1S/C46H67F3N4O9S/c1-44(2)41(54)52(43(63)53(44)33-16-20-35(21-17-33)58-26-10-28-62-39-12-6-8-24-60-39)37-22-13-31(30-50)40(46(47,48)49)36(37)29-45(3,42(55)56-4)51-32-14-18-34(19-15-32)57-25-9-27-61-38-11-5-7-23-59-38/h13,22,32-35,38-39,51H,5-12,14-21,23-29H2,1-4H3. The monoisotopic (exact) mass is 908 g/mol. The highest BCUT2D eigenvalue weighted by molar-refractivity contribution is 7.80. The summed E-state index contributed by atoms with van der Waals surface area (Å²) in [5.41, 5.74) is -5.20. The number of anilines is 1. The lowest BCUT2D eigenvalue weighted by molar-refractivity contribution is -0.165. The van der Waals surface area contributed by atoms with Crippen LogP contribution < -0.4 is 10.2 Å². The number of ether oxygens (including phenoxy) is 7. The minimum atomic E-state index is -5.01. The Morgan fingerprint density at radius 1 is 0.857 bits per heavy atom. The van der Waals surface area contributed by atoms with Gasteiger partial charge < -0.3 is 38.1 Å². The summed E-state index contributed by atoms with van der Waals surface area (Å²) in [6.07, 6.45) is 7.16. The Morgan fingerprint density at radius 3 is 1.89 bits per heavy atom. The summed E-state index contributed by atoms with van der Waals surface area (Å²) in [4.78, 5) is 31.2. The van der Waals surface area contributed by atoms with Crippen LogP contribution >= 0.6 is 12.2 Å². The molecular weight excluding hydrogens is 842 g/mol. The Labute approximate surface area is 375 Å². The summed E-state index contributed by atoms with van der Waals surface area (Å²) in [6.45, 7) is 8.61. The molecule has 352 valence electrons. The molecular formula is C46H67F3N4O9S. The molecule has 2 saturated carbocycles. The van der Waals surface area contributed by atoms with E-state index in [-0.39, 0.29) is 53.2 Å². The number of halogens is 3. The molecule has 13 nitrogen and oxygen atoms in total. The maximum atomic E-state index is 15.2.